The first-order chi connectivity index (χ1) is 10.7. The van der Waals surface area contributed by atoms with Crippen LogP contribution in [0.25, 0.3) is 11.0 Å². The van der Waals surface area contributed by atoms with Crippen molar-refractivity contribution in [2.45, 2.75) is 25.7 Å². The summed E-state index contributed by atoms with van der Waals surface area (Å²) in [5.74, 6) is 0.536. The maximum absolute atomic E-state index is 13.6. The Morgan fingerprint density at radius 1 is 1.50 bits per heavy atom. The number of H-pyrrole nitrogens is 1. The van der Waals surface area contributed by atoms with E-state index < -0.39 is 0 Å². The van der Waals surface area contributed by atoms with Crippen LogP contribution in [0.3, 0.4) is 0 Å². The zero-order valence-corrected chi connectivity index (χ0v) is 12.4. The zero-order valence-electron chi connectivity index (χ0n) is 12.4. The number of hydrogen-bond acceptors (Lipinski definition) is 3. The van der Waals surface area contributed by atoms with E-state index in [1.165, 1.54) is 6.07 Å². The van der Waals surface area contributed by atoms with Crippen LogP contribution in [0.15, 0.2) is 18.2 Å². The largest absolute Gasteiger partial charge is 0.396 e. The average Bonchev–Trinajstić information content (AvgIpc) is 2.97. The van der Waals surface area contributed by atoms with Gasteiger partial charge in [0.2, 0.25) is 5.91 Å². The number of aliphatic hydroxyl groups excluding tert-OH is 1. The van der Waals surface area contributed by atoms with Gasteiger partial charge in [0.1, 0.15) is 11.3 Å². The number of halogens is 1. The highest BCUT2D eigenvalue weighted by atomic mass is 19.1. The number of benzene rings is 1. The van der Waals surface area contributed by atoms with Gasteiger partial charge in [-0.05, 0) is 30.9 Å². The topological polar surface area (TPSA) is 69.2 Å². The molecule has 0 aliphatic carbocycles. The second-order valence-corrected chi connectivity index (χ2v) is 5.85. The number of nitrogens with one attached hydrogen (secondary N) is 1. The van der Waals surface area contributed by atoms with E-state index in [2.05, 4.69) is 9.97 Å². The van der Waals surface area contributed by atoms with Crippen molar-refractivity contribution < 1.29 is 14.3 Å². The SMILES string of the molecule is O=C(CCc1nc2c(F)cccc2[nH]1)N1CCCC(CO)C1. The second kappa shape index (κ2) is 6.44. The molecule has 5 nitrogen and oxygen atoms in total. The van der Waals surface area contributed by atoms with Gasteiger partial charge in [0.05, 0.1) is 5.52 Å². The average molecular weight is 305 g/mol. The first-order valence-electron chi connectivity index (χ1n) is 7.69. The maximum Gasteiger partial charge on any atom is 0.223 e. The van der Waals surface area contributed by atoms with Gasteiger partial charge in [-0.1, -0.05) is 6.07 Å². The van der Waals surface area contributed by atoms with Crippen LogP contribution in [-0.4, -0.2) is 45.6 Å². The van der Waals surface area contributed by atoms with E-state index in [1.54, 1.807) is 12.1 Å². The Morgan fingerprint density at radius 2 is 2.36 bits per heavy atom. The molecule has 2 aromatic rings. The summed E-state index contributed by atoms with van der Waals surface area (Å²) in [7, 11) is 0. The van der Waals surface area contributed by atoms with E-state index in [9.17, 15) is 14.3 Å². The predicted octanol–water partition coefficient (Wildman–Crippen LogP) is 1.87. The van der Waals surface area contributed by atoms with Crippen LogP contribution in [0, 0.1) is 11.7 Å². The van der Waals surface area contributed by atoms with E-state index in [1.807, 2.05) is 4.90 Å². The molecule has 22 heavy (non-hydrogen) atoms. The van der Waals surface area contributed by atoms with Gasteiger partial charge >= 0.3 is 0 Å². The lowest BCUT2D eigenvalue weighted by atomic mass is 9.99. The lowest BCUT2D eigenvalue weighted by Crippen LogP contribution is -2.41. The third-order valence-corrected chi connectivity index (χ3v) is 4.22. The molecule has 2 heterocycles. The van der Waals surface area contributed by atoms with Gasteiger partial charge in [-0.25, -0.2) is 9.37 Å². The van der Waals surface area contributed by atoms with Crippen molar-refractivity contribution in [3.05, 3.63) is 29.8 Å². The summed E-state index contributed by atoms with van der Waals surface area (Å²) in [5.41, 5.74) is 0.976. The smallest absolute Gasteiger partial charge is 0.223 e. The Hall–Kier alpha value is -1.95. The number of hydrogen-bond donors (Lipinski definition) is 2. The number of aromatic amines is 1. The minimum absolute atomic E-state index is 0.0686. The molecule has 1 atom stereocenters. The normalized spacial score (nSPS) is 18.8. The number of aromatic nitrogens is 2. The number of piperidine rings is 1. The van der Waals surface area contributed by atoms with Gasteiger partial charge < -0.3 is 15.0 Å². The quantitative estimate of drug-likeness (QED) is 0.906. The maximum atomic E-state index is 13.6. The summed E-state index contributed by atoms with van der Waals surface area (Å²) in [6, 6.07) is 4.78. The molecule has 0 spiro atoms. The number of likely N-dealkylation sites (tertiary alicyclic amines) is 1. The summed E-state index contributed by atoms with van der Waals surface area (Å²) < 4.78 is 13.6. The molecule has 1 fully saturated rings. The molecule has 1 aliphatic rings. The summed E-state index contributed by atoms with van der Waals surface area (Å²) in [4.78, 5) is 21.3. The lowest BCUT2D eigenvalue weighted by molar-refractivity contribution is -0.133. The molecule has 0 radical (unpaired) electrons. The molecule has 1 aromatic heterocycles. The molecule has 1 unspecified atom stereocenters. The number of carbonyl (C=O) groups is 1. The number of amides is 1. The third-order valence-electron chi connectivity index (χ3n) is 4.22. The third kappa shape index (κ3) is 3.11. The minimum Gasteiger partial charge on any atom is -0.396 e. The van der Waals surface area contributed by atoms with Crippen molar-refractivity contribution >= 4 is 16.9 Å². The molecule has 1 aromatic carbocycles. The van der Waals surface area contributed by atoms with Crippen molar-refractivity contribution in [3.8, 4) is 0 Å². The van der Waals surface area contributed by atoms with Crippen LogP contribution >= 0.6 is 0 Å². The standard InChI is InChI=1S/C16H20FN3O2/c17-12-4-1-5-13-16(12)19-14(18-13)6-7-15(22)20-8-2-3-11(9-20)10-21/h1,4-5,11,21H,2-3,6-10H2,(H,18,19). The first-order valence-corrected chi connectivity index (χ1v) is 7.69. The molecule has 1 saturated heterocycles. The molecule has 2 N–H and O–H groups in total. The monoisotopic (exact) mass is 305 g/mol. The van der Waals surface area contributed by atoms with Crippen molar-refractivity contribution in [1.29, 1.82) is 0 Å². The summed E-state index contributed by atoms with van der Waals surface area (Å²) in [6.45, 7) is 1.51. The Kier molecular flexibility index (Phi) is 4.38. The molecular formula is C16H20FN3O2. The molecular weight excluding hydrogens is 285 g/mol. The van der Waals surface area contributed by atoms with E-state index >= 15 is 0 Å². The number of para-hydroxylation sites is 1. The van der Waals surface area contributed by atoms with E-state index in [4.69, 9.17) is 0 Å². The summed E-state index contributed by atoms with van der Waals surface area (Å²) >= 11 is 0. The van der Waals surface area contributed by atoms with E-state index in [-0.39, 0.29) is 24.2 Å². The van der Waals surface area contributed by atoms with Crippen molar-refractivity contribution in [1.82, 2.24) is 14.9 Å². The molecule has 3 rings (SSSR count). The summed E-state index contributed by atoms with van der Waals surface area (Å²) in [6.07, 6.45) is 2.72. The van der Waals surface area contributed by atoms with Gasteiger partial charge in [-0.2, -0.15) is 0 Å². The Morgan fingerprint density at radius 3 is 3.14 bits per heavy atom. The van der Waals surface area contributed by atoms with Crippen LogP contribution in [0.1, 0.15) is 25.1 Å². The number of carbonyl (C=O) groups excluding carboxylic acids is 1. The molecule has 0 bridgehead atoms. The van der Waals surface area contributed by atoms with E-state index in [0.717, 1.165) is 19.4 Å². The first kappa shape index (κ1) is 15.0. The Balaban J connectivity index is 1.61. The fraction of sp³-hybridized carbons (Fsp3) is 0.500. The van der Waals surface area contributed by atoms with Gasteiger partial charge in [-0.3, -0.25) is 4.79 Å². The van der Waals surface area contributed by atoms with Crippen LogP contribution in [-0.2, 0) is 11.2 Å². The number of aliphatic hydroxyl groups is 1. The molecule has 1 amide bonds. The number of imidazole rings is 1. The van der Waals surface area contributed by atoms with Gasteiger partial charge in [-0.15, -0.1) is 0 Å². The fourth-order valence-electron chi connectivity index (χ4n) is 2.99. The van der Waals surface area contributed by atoms with Gasteiger partial charge in [0, 0.05) is 32.5 Å². The highest BCUT2D eigenvalue weighted by Gasteiger charge is 2.23. The van der Waals surface area contributed by atoms with Crippen LogP contribution in [0.5, 0.6) is 0 Å². The highest BCUT2D eigenvalue weighted by Crippen LogP contribution is 2.18. The van der Waals surface area contributed by atoms with Gasteiger partial charge in [0.25, 0.3) is 0 Å². The number of nitrogens with zero attached hydrogens (tertiary/aromatic N) is 2. The van der Waals surface area contributed by atoms with Crippen molar-refractivity contribution in [3.63, 3.8) is 0 Å². The molecule has 0 saturated carbocycles. The Bertz CT molecular complexity index is 670. The van der Waals surface area contributed by atoms with Crippen molar-refractivity contribution in [2.24, 2.45) is 5.92 Å². The minimum atomic E-state index is -0.354. The molecule has 6 heteroatoms. The van der Waals surface area contributed by atoms with Crippen LogP contribution in [0.4, 0.5) is 4.39 Å². The molecule has 118 valence electrons. The number of aryl methyl sites for hydroxylation is 1. The van der Waals surface area contributed by atoms with E-state index in [0.29, 0.717) is 36.2 Å². The van der Waals surface area contributed by atoms with Gasteiger partial charge in [0.15, 0.2) is 5.82 Å². The predicted molar refractivity (Wildman–Crippen MR) is 80.8 cm³/mol. The second-order valence-electron chi connectivity index (χ2n) is 5.85. The highest BCUT2D eigenvalue weighted by molar-refractivity contribution is 5.77. The Labute approximate surface area is 128 Å². The fourth-order valence-corrected chi connectivity index (χ4v) is 2.99. The number of fused-ring (bicyclic) bond motifs is 1. The van der Waals surface area contributed by atoms with Crippen molar-refractivity contribution in [2.75, 3.05) is 19.7 Å². The molecule has 1 aliphatic heterocycles. The van der Waals surface area contributed by atoms with Crippen LogP contribution in [0.2, 0.25) is 0 Å². The lowest BCUT2D eigenvalue weighted by Gasteiger charge is -2.31. The van der Waals surface area contributed by atoms with Crippen LogP contribution < -0.4 is 0 Å². The zero-order chi connectivity index (χ0) is 15.5. The summed E-state index contributed by atoms with van der Waals surface area (Å²) in [5, 5.41) is 9.22. The number of rotatable bonds is 4.